The largest absolute Gasteiger partial charge is 0.497 e. The Morgan fingerprint density at radius 1 is 1.12 bits per heavy atom. The highest BCUT2D eigenvalue weighted by atomic mass is 32.1. The van der Waals surface area contributed by atoms with Crippen LogP contribution in [0.15, 0.2) is 54.6 Å². The smallest absolute Gasteiger partial charge is 0.258 e. The molecule has 5 heteroatoms. The van der Waals surface area contributed by atoms with Crippen LogP contribution in [0.3, 0.4) is 0 Å². The van der Waals surface area contributed by atoms with Crippen molar-refractivity contribution in [2.75, 3.05) is 12.4 Å². The van der Waals surface area contributed by atoms with E-state index >= 15 is 0 Å². The Kier molecular flexibility index (Phi) is 5.43. The third-order valence-electron chi connectivity index (χ3n) is 6.26. The van der Waals surface area contributed by atoms with Gasteiger partial charge in [-0.2, -0.15) is 0 Å². The molecule has 1 unspecified atom stereocenters. The summed E-state index contributed by atoms with van der Waals surface area (Å²) >= 11 is 1.79. The van der Waals surface area contributed by atoms with Crippen molar-refractivity contribution in [3.05, 3.63) is 76.3 Å². The summed E-state index contributed by atoms with van der Waals surface area (Å²) in [5.74, 6) is 1.35. The Bertz CT molecular complexity index is 1290. The number of hydrogen-bond acceptors (Lipinski definition) is 4. The molecule has 1 N–H and O–H groups in total. The van der Waals surface area contributed by atoms with Gasteiger partial charge in [-0.25, -0.2) is 4.98 Å². The lowest BCUT2D eigenvalue weighted by molar-refractivity contribution is 0.102. The van der Waals surface area contributed by atoms with E-state index in [2.05, 4.69) is 12.2 Å². The number of nitrogens with one attached hydrogen (secondary N) is 1. The van der Waals surface area contributed by atoms with Crippen LogP contribution in [0.2, 0.25) is 0 Å². The number of aryl methyl sites for hydroxylation is 2. The summed E-state index contributed by atoms with van der Waals surface area (Å²) in [5, 5.41) is 4.22. The average Bonchev–Trinajstić information content (AvgIpc) is 3.15. The van der Waals surface area contributed by atoms with E-state index in [9.17, 15) is 4.79 Å². The summed E-state index contributed by atoms with van der Waals surface area (Å²) < 4.78 is 5.37. The van der Waals surface area contributed by atoms with E-state index < -0.39 is 0 Å². The van der Waals surface area contributed by atoms with Crippen molar-refractivity contribution in [3.63, 3.8) is 0 Å². The number of anilines is 1. The van der Waals surface area contributed by atoms with Crippen LogP contribution < -0.4 is 10.1 Å². The number of thiophene rings is 1. The zero-order valence-corrected chi connectivity index (χ0v) is 19.4. The molecule has 5 rings (SSSR count). The standard InChI is InChI=1S/C27H26N2O2S/c1-16-9-14-21-22(15-16)32-27-25(21)24(18-10-12-20(31-3)13-11-18)23(17(2)28-27)26(30)29-19-7-5-4-6-8-19/h4-8,10-13,16H,9,14-15H2,1-3H3,(H,29,30). The molecule has 32 heavy (non-hydrogen) atoms. The van der Waals surface area contributed by atoms with Crippen LogP contribution in [0.1, 0.15) is 39.8 Å². The highest BCUT2D eigenvalue weighted by Crippen LogP contribution is 2.44. The fraction of sp³-hybridized carbons (Fsp3) is 0.259. The number of para-hydroxylation sites is 1. The number of carbonyl (C=O) groups excluding carboxylic acids is 1. The Morgan fingerprint density at radius 3 is 2.59 bits per heavy atom. The van der Waals surface area contributed by atoms with Gasteiger partial charge in [0.2, 0.25) is 0 Å². The molecule has 1 aliphatic carbocycles. The molecule has 0 fully saturated rings. The minimum atomic E-state index is -0.127. The first kappa shape index (κ1) is 20.7. The van der Waals surface area contributed by atoms with Crippen molar-refractivity contribution < 1.29 is 9.53 Å². The Balaban J connectivity index is 1.74. The summed E-state index contributed by atoms with van der Waals surface area (Å²) in [4.78, 5) is 20.9. The number of methoxy groups -OCH3 is 1. The van der Waals surface area contributed by atoms with Gasteiger partial charge in [0.25, 0.3) is 5.91 Å². The molecule has 0 aliphatic heterocycles. The zero-order chi connectivity index (χ0) is 22.2. The van der Waals surface area contributed by atoms with Crippen LogP contribution in [-0.4, -0.2) is 18.0 Å². The fourth-order valence-corrected chi connectivity index (χ4v) is 6.06. The van der Waals surface area contributed by atoms with Gasteiger partial charge in [-0.3, -0.25) is 4.79 Å². The van der Waals surface area contributed by atoms with Crippen LogP contribution in [0.5, 0.6) is 5.75 Å². The second-order valence-electron chi connectivity index (χ2n) is 8.53. The van der Waals surface area contributed by atoms with E-state index in [-0.39, 0.29) is 5.91 Å². The minimum absolute atomic E-state index is 0.127. The molecular weight excluding hydrogens is 416 g/mol. The molecule has 2 aromatic carbocycles. The van der Waals surface area contributed by atoms with Gasteiger partial charge in [-0.1, -0.05) is 37.3 Å². The second kappa shape index (κ2) is 8.40. The van der Waals surface area contributed by atoms with Crippen molar-refractivity contribution in [1.29, 1.82) is 0 Å². The van der Waals surface area contributed by atoms with E-state index in [0.29, 0.717) is 11.5 Å². The molecular formula is C27H26N2O2S. The number of rotatable bonds is 4. The molecule has 0 saturated carbocycles. The van der Waals surface area contributed by atoms with E-state index in [1.807, 2.05) is 61.5 Å². The predicted molar refractivity (Wildman–Crippen MR) is 132 cm³/mol. The maximum Gasteiger partial charge on any atom is 0.258 e. The summed E-state index contributed by atoms with van der Waals surface area (Å²) in [6, 6.07) is 17.6. The van der Waals surface area contributed by atoms with Crippen LogP contribution in [0.4, 0.5) is 5.69 Å². The molecule has 1 amide bonds. The van der Waals surface area contributed by atoms with Gasteiger partial charge in [-0.05, 0) is 67.5 Å². The molecule has 0 bridgehead atoms. The van der Waals surface area contributed by atoms with E-state index in [4.69, 9.17) is 9.72 Å². The third-order valence-corrected chi connectivity index (χ3v) is 7.41. The molecule has 2 heterocycles. The number of pyridine rings is 1. The lowest BCUT2D eigenvalue weighted by atomic mass is 9.86. The Labute approximate surface area is 192 Å². The van der Waals surface area contributed by atoms with E-state index in [0.717, 1.165) is 51.3 Å². The number of fused-ring (bicyclic) bond motifs is 3. The normalized spacial score (nSPS) is 15.4. The van der Waals surface area contributed by atoms with Crippen molar-refractivity contribution in [1.82, 2.24) is 4.98 Å². The molecule has 2 aromatic heterocycles. The van der Waals surface area contributed by atoms with Crippen molar-refractivity contribution in [3.8, 4) is 16.9 Å². The lowest BCUT2D eigenvalue weighted by Crippen LogP contribution is -2.16. The topological polar surface area (TPSA) is 51.2 Å². The van der Waals surface area contributed by atoms with Crippen molar-refractivity contribution in [2.45, 2.75) is 33.1 Å². The SMILES string of the molecule is COc1ccc(-c2c(C(=O)Nc3ccccc3)c(C)nc3sc4c(c23)CCC(C)C4)cc1. The number of nitrogens with zero attached hydrogens (tertiary/aromatic N) is 1. The Morgan fingerprint density at radius 2 is 1.88 bits per heavy atom. The van der Waals surface area contributed by atoms with Gasteiger partial charge in [0.1, 0.15) is 10.6 Å². The number of carbonyl (C=O) groups is 1. The monoisotopic (exact) mass is 442 g/mol. The third kappa shape index (κ3) is 3.67. The number of ether oxygens (including phenoxy) is 1. The molecule has 0 saturated heterocycles. The predicted octanol–water partition coefficient (Wildman–Crippen LogP) is 6.66. The average molecular weight is 443 g/mol. The van der Waals surface area contributed by atoms with Gasteiger partial charge in [0.15, 0.2) is 0 Å². The first-order valence-corrected chi connectivity index (χ1v) is 11.8. The zero-order valence-electron chi connectivity index (χ0n) is 18.6. The van der Waals surface area contributed by atoms with Gasteiger partial charge >= 0.3 is 0 Å². The molecule has 0 radical (unpaired) electrons. The number of aromatic nitrogens is 1. The Hall–Kier alpha value is -3.18. The minimum Gasteiger partial charge on any atom is -0.497 e. The summed E-state index contributed by atoms with van der Waals surface area (Å²) in [5.41, 5.74) is 5.54. The second-order valence-corrected chi connectivity index (χ2v) is 9.61. The molecule has 4 aromatic rings. The van der Waals surface area contributed by atoms with Gasteiger partial charge < -0.3 is 10.1 Å². The molecule has 0 spiro atoms. The summed E-state index contributed by atoms with van der Waals surface area (Å²) in [7, 11) is 1.67. The maximum absolute atomic E-state index is 13.6. The number of amides is 1. The maximum atomic E-state index is 13.6. The quantitative estimate of drug-likeness (QED) is 0.385. The van der Waals surface area contributed by atoms with Crippen molar-refractivity contribution >= 4 is 33.1 Å². The fourth-order valence-electron chi connectivity index (χ4n) is 4.63. The molecule has 4 nitrogen and oxygen atoms in total. The highest BCUT2D eigenvalue weighted by molar-refractivity contribution is 7.19. The van der Waals surface area contributed by atoms with Crippen molar-refractivity contribution in [2.24, 2.45) is 5.92 Å². The molecule has 1 aliphatic rings. The van der Waals surface area contributed by atoms with Gasteiger partial charge in [-0.15, -0.1) is 11.3 Å². The van der Waals surface area contributed by atoms with Crippen LogP contribution in [0.25, 0.3) is 21.3 Å². The first-order valence-electron chi connectivity index (χ1n) is 11.0. The molecule has 162 valence electrons. The lowest BCUT2D eigenvalue weighted by Gasteiger charge is -2.20. The highest BCUT2D eigenvalue weighted by Gasteiger charge is 2.27. The van der Waals surface area contributed by atoms with Crippen LogP contribution in [0, 0.1) is 12.8 Å². The summed E-state index contributed by atoms with van der Waals surface area (Å²) in [6.45, 7) is 4.25. The number of hydrogen-bond donors (Lipinski definition) is 1. The molecule has 1 atom stereocenters. The van der Waals surface area contributed by atoms with Gasteiger partial charge in [0, 0.05) is 21.5 Å². The van der Waals surface area contributed by atoms with E-state index in [1.54, 1.807) is 18.4 Å². The summed E-state index contributed by atoms with van der Waals surface area (Å²) in [6.07, 6.45) is 3.29. The van der Waals surface area contributed by atoms with Crippen LogP contribution in [-0.2, 0) is 12.8 Å². The van der Waals surface area contributed by atoms with Crippen LogP contribution >= 0.6 is 11.3 Å². The van der Waals surface area contributed by atoms with E-state index in [1.165, 1.54) is 16.9 Å². The van der Waals surface area contributed by atoms with Gasteiger partial charge in [0.05, 0.1) is 18.4 Å². The number of benzene rings is 2. The first-order chi connectivity index (χ1) is 15.5.